The van der Waals surface area contributed by atoms with Gasteiger partial charge in [0.05, 0.1) is 13.3 Å². The van der Waals surface area contributed by atoms with Gasteiger partial charge in [0, 0.05) is 17.8 Å². The number of aromatic nitrogens is 1. The Morgan fingerprint density at radius 1 is 1.16 bits per heavy atom. The highest BCUT2D eigenvalue weighted by Crippen LogP contribution is 2.18. The number of pyridine rings is 1. The Balaban J connectivity index is 2.10. The van der Waals surface area contributed by atoms with E-state index in [1.54, 1.807) is 13.3 Å². The molecule has 1 aromatic heterocycles. The van der Waals surface area contributed by atoms with E-state index in [4.69, 9.17) is 10.5 Å². The molecule has 0 spiro atoms. The fourth-order valence-corrected chi connectivity index (χ4v) is 2.17. The van der Waals surface area contributed by atoms with E-state index in [0.717, 1.165) is 29.8 Å². The van der Waals surface area contributed by atoms with Crippen molar-refractivity contribution in [3.05, 3.63) is 58.9 Å². The third-order valence-corrected chi connectivity index (χ3v) is 3.36. The molecule has 2 rings (SSSR count). The third-order valence-electron chi connectivity index (χ3n) is 3.36. The van der Waals surface area contributed by atoms with Crippen molar-refractivity contribution in [3.8, 4) is 5.75 Å². The number of hydrogen-bond acceptors (Lipinski definition) is 3. The van der Waals surface area contributed by atoms with E-state index in [0.29, 0.717) is 6.54 Å². The summed E-state index contributed by atoms with van der Waals surface area (Å²) >= 11 is 0. The van der Waals surface area contributed by atoms with Gasteiger partial charge in [-0.25, -0.2) is 0 Å². The molecule has 0 fully saturated rings. The zero-order valence-corrected chi connectivity index (χ0v) is 11.5. The number of methoxy groups -OCH3 is 1. The maximum atomic E-state index is 5.72. The van der Waals surface area contributed by atoms with Crippen molar-refractivity contribution >= 4 is 0 Å². The van der Waals surface area contributed by atoms with Gasteiger partial charge in [0.1, 0.15) is 5.75 Å². The first-order valence-corrected chi connectivity index (χ1v) is 6.51. The fraction of sp³-hybridized carbons (Fsp3) is 0.312. The van der Waals surface area contributed by atoms with Gasteiger partial charge in [-0.1, -0.05) is 24.3 Å². The zero-order valence-electron chi connectivity index (χ0n) is 11.5. The Labute approximate surface area is 114 Å². The number of nitrogens with two attached hydrogens (primary N) is 1. The lowest BCUT2D eigenvalue weighted by molar-refractivity contribution is 0.407. The van der Waals surface area contributed by atoms with Gasteiger partial charge in [0.25, 0.3) is 0 Å². The molecule has 0 unspecified atom stereocenters. The van der Waals surface area contributed by atoms with Crippen LogP contribution in [0.2, 0.25) is 0 Å². The first kappa shape index (κ1) is 13.6. The van der Waals surface area contributed by atoms with Crippen LogP contribution >= 0.6 is 0 Å². The molecule has 0 atom stereocenters. The summed E-state index contributed by atoms with van der Waals surface area (Å²) < 4.78 is 5.23. The molecule has 19 heavy (non-hydrogen) atoms. The molecule has 3 nitrogen and oxygen atoms in total. The van der Waals surface area contributed by atoms with Crippen molar-refractivity contribution in [2.24, 2.45) is 5.73 Å². The van der Waals surface area contributed by atoms with E-state index in [9.17, 15) is 0 Å². The van der Waals surface area contributed by atoms with Crippen LogP contribution in [0.3, 0.4) is 0 Å². The SMILES string of the molecule is COc1cnc(CCc2ccccc2C)cc1CN. The van der Waals surface area contributed by atoms with Crippen LogP contribution in [0, 0.1) is 6.92 Å². The quantitative estimate of drug-likeness (QED) is 0.894. The molecule has 0 bridgehead atoms. The van der Waals surface area contributed by atoms with Crippen LogP contribution in [0.15, 0.2) is 36.5 Å². The van der Waals surface area contributed by atoms with Gasteiger partial charge in [0.15, 0.2) is 0 Å². The van der Waals surface area contributed by atoms with Crippen LogP contribution in [0.1, 0.15) is 22.4 Å². The second kappa shape index (κ2) is 6.34. The number of benzene rings is 1. The van der Waals surface area contributed by atoms with Gasteiger partial charge < -0.3 is 10.5 Å². The van der Waals surface area contributed by atoms with E-state index in [2.05, 4.69) is 36.2 Å². The van der Waals surface area contributed by atoms with Crippen LogP contribution in [-0.2, 0) is 19.4 Å². The topological polar surface area (TPSA) is 48.1 Å². The summed E-state index contributed by atoms with van der Waals surface area (Å²) in [6.07, 6.45) is 3.67. The molecule has 0 radical (unpaired) electrons. The number of hydrogen-bond donors (Lipinski definition) is 1. The molecular formula is C16H20N2O. The highest BCUT2D eigenvalue weighted by Gasteiger charge is 2.05. The molecule has 0 saturated carbocycles. The van der Waals surface area contributed by atoms with E-state index in [-0.39, 0.29) is 0 Å². The molecule has 2 N–H and O–H groups in total. The molecular weight excluding hydrogens is 236 g/mol. The van der Waals surface area contributed by atoms with Gasteiger partial charge in [-0.05, 0) is 37.0 Å². The Morgan fingerprint density at radius 3 is 2.63 bits per heavy atom. The van der Waals surface area contributed by atoms with Crippen LogP contribution in [0.5, 0.6) is 5.75 Å². The molecule has 0 aliphatic rings. The van der Waals surface area contributed by atoms with Gasteiger partial charge in [-0.3, -0.25) is 4.98 Å². The van der Waals surface area contributed by atoms with Crippen molar-refractivity contribution in [1.82, 2.24) is 4.98 Å². The average Bonchev–Trinajstić information content (AvgIpc) is 2.46. The first-order valence-electron chi connectivity index (χ1n) is 6.51. The molecule has 0 amide bonds. The van der Waals surface area contributed by atoms with E-state index in [1.807, 2.05) is 6.07 Å². The van der Waals surface area contributed by atoms with Crippen LogP contribution < -0.4 is 10.5 Å². The molecule has 1 heterocycles. The second-order valence-corrected chi connectivity index (χ2v) is 4.62. The second-order valence-electron chi connectivity index (χ2n) is 4.62. The van der Waals surface area contributed by atoms with Crippen molar-refractivity contribution in [2.75, 3.05) is 7.11 Å². The lowest BCUT2D eigenvalue weighted by atomic mass is 10.0. The minimum Gasteiger partial charge on any atom is -0.495 e. The Kier molecular flexibility index (Phi) is 4.53. The lowest BCUT2D eigenvalue weighted by Crippen LogP contribution is -2.03. The molecule has 100 valence electrons. The van der Waals surface area contributed by atoms with Crippen molar-refractivity contribution in [2.45, 2.75) is 26.3 Å². The smallest absolute Gasteiger partial charge is 0.141 e. The normalized spacial score (nSPS) is 10.5. The lowest BCUT2D eigenvalue weighted by Gasteiger charge is -2.09. The van der Waals surface area contributed by atoms with Crippen molar-refractivity contribution in [3.63, 3.8) is 0 Å². The molecule has 2 aromatic rings. The van der Waals surface area contributed by atoms with Crippen molar-refractivity contribution in [1.29, 1.82) is 0 Å². The number of rotatable bonds is 5. The largest absolute Gasteiger partial charge is 0.495 e. The standard InChI is InChI=1S/C16H20N2O/c1-12-5-3-4-6-13(12)7-8-15-9-14(10-17)16(19-2)11-18-15/h3-6,9,11H,7-8,10,17H2,1-2H3. The summed E-state index contributed by atoms with van der Waals surface area (Å²) in [6, 6.07) is 10.5. The van der Waals surface area contributed by atoms with Gasteiger partial charge >= 0.3 is 0 Å². The highest BCUT2D eigenvalue weighted by molar-refractivity contribution is 5.33. The fourth-order valence-electron chi connectivity index (χ4n) is 2.17. The molecule has 0 saturated heterocycles. The molecule has 1 aromatic carbocycles. The molecule has 0 aliphatic carbocycles. The maximum Gasteiger partial charge on any atom is 0.141 e. The number of aryl methyl sites for hydroxylation is 3. The summed E-state index contributed by atoms with van der Waals surface area (Å²) in [5.74, 6) is 0.766. The number of ether oxygens (including phenoxy) is 1. The summed E-state index contributed by atoms with van der Waals surface area (Å²) in [5.41, 5.74) is 10.5. The van der Waals surface area contributed by atoms with Crippen LogP contribution in [0.25, 0.3) is 0 Å². The van der Waals surface area contributed by atoms with E-state index < -0.39 is 0 Å². The van der Waals surface area contributed by atoms with Gasteiger partial charge in [-0.2, -0.15) is 0 Å². The predicted octanol–water partition coefficient (Wildman–Crippen LogP) is 2.64. The van der Waals surface area contributed by atoms with Crippen LogP contribution in [-0.4, -0.2) is 12.1 Å². The first-order chi connectivity index (χ1) is 9.24. The Hall–Kier alpha value is -1.87. The minimum atomic E-state index is 0.475. The minimum absolute atomic E-state index is 0.475. The van der Waals surface area contributed by atoms with Crippen molar-refractivity contribution < 1.29 is 4.74 Å². The number of nitrogens with zero attached hydrogens (tertiary/aromatic N) is 1. The van der Waals surface area contributed by atoms with E-state index in [1.165, 1.54) is 11.1 Å². The summed E-state index contributed by atoms with van der Waals surface area (Å²) in [6.45, 7) is 2.62. The Morgan fingerprint density at radius 2 is 1.95 bits per heavy atom. The average molecular weight is 256 g/mol. The maximum absolute atomic E-state index is 5.72. The van der Waals surface area contributed by atoms with Crippen LogP contribution in [0.4, 0.5) is 0 Å². The Bertz CT molecular complexity index is 552. The summed E-state index contributed by atoms with van der Waals surface area (Å²) in [5, 5.41) is 0. The predicted molar refractivity (Wildman–Crippen MR) is 77.3 cm³/mol. The zero-order chi connectivity index (χ0) is 13.7. The molecule has 3 heteroatoms. The summed E-state index contributed by atoms with van der Waals surface area (Å²) in [4.78, 5) is 4.42. The third kappa shape index (κ3) is 3.32. The highest BCUT2D eigenvalue weighted by atomic mass is 16.5. The monoisotopic (exact) mass is 256 g/mol. The van der Waals surface area contributed by atoms with Gasteiger partial charge in [-0.15, -0.1) is 0 Å². The molecule has 0 aliphatic heterocycles. The summed E-state index contributed by atoms with van der Waals surface area (Å²) in [7, 11) is 1.64. The van der Waals surface area contributed by atoms with E-state index >= 15 is 0 Å². The van der Waals surface area contributed by atoms with Gasteiger partial charge in [0.2, 0.25) is 0 Å².